The van der Waals surface area contributed by atoms with Gasteiger partial charge in [-0.05, 0) is 37.3 Å². The molecular formula is C13H18N2. The van der Waals surface area contributed by atoms with E-state index in [0.717, 1.165) is 12.0 Å². The van der Waals surface area contributed by atoms with E-state index in [1.54, 1.807) is 0 Å². The van der Waals surface area contributed by atoms with Gasteiger partial charge in [-0.2, -0.15) is 0 Å². The van der Waals surface area contributed by atoms with Crippen LogP contribution in [0.3, 0.4) is 0 Å². The zero-order valence-electron chi connectivity index (χ0n) is 9.10. The van der Waals surface area contributed by atoms with Crippen LogP contribution in [-0.2, 0) is 0 Å². The lowest BCUT2D eigenvalue weighted by molar-refractivity contribution is 0.341. The third kappa shape index (κ3) is 1.62. The van der Waals surface area contributed by atoms with Gasteiger partial charge in [0.1, 0.15) is 5.82 Å². The highest BCUT2D eigenvalue weighted by molar-refractivity contribution is 5.41. The molecule has 0 aromatic carbocycles. The second-order valence-corrected chi connectivity index (χ2v) is 4.78. The first kappa shape index (κ1) is 9.20. The normalized spacial score (nSPS) is 30.3. The third-order valence-corrected chi connectivity index (χ3v) is 3.95. The van der Waals surface area contributed by atoms with Crippen molar-refractivity contribution in [3.8, 4) is 0 Å². The molecule has 2 aliphatic rings. The SMILES string of the molecule is c1ccc(N2CC[C@@H]3CCCC[C@@H]32)nc1. The van der Waals surface area contributed by atoms with Crippen molar-refractivity contribution in [1.29, 1.82) is 0 Å². The molecule has 1 saturated carbocycles. The molecule has 0 amide bonds. The van der Waals surface area contributed by atoms with E-state index in [-0.39, 0.29) is 0 Å². The molecule has 80 valence electrons. The first-order valence-corrected chi connectivity index (χ1v) is 6.13. The molecule has 2 fully saturated rings. The highest BCUT2D eigenvalue weighted by Crippen LogP contribution is 2.37. The highest BCUT2D eigenvalue weighted by atomic mass is 15.2. The minimum atomic E-state index is 0.786. The standard InChI is InChI=1S/C13H18N2/c1-2-6-12-11(5-1)8-10-15(12)13-7-3-4-9-14-13/h3-4,7,9,11-12H,1-2,5-6,8,10H2/t11-,12-/m0/s1. The molecule has 1 aromatic heterocycles. The molecule has 2 nitrogen and oxygen atoms in total. The van der Waals surface area contributed by atoms with Gasteiger partial charge in [-0.15, -0.1) is 0 Å². The maximum atomic E-state index is 4.48. The maximum absolute atomic E-state index is 4.48. The van der Waals surface area contributed by atoms with Crippen LogP contribution in [0.5, 0.6) is 0 Å². The van der Waals surface area contributed by atoms with E-state index in [9.17, 15) is 0 Å². The summed E-state index contributed by atoms with van der Waals surface area (Å²) in [6.45, 7) is 1.21. The second-order valence-electron chi connectivity index (χ2n) is 4.78. The number of nitrogens with zero attached hydrogens (tertiary/aromatic N) is 2. The van der Waals surface area contributed by atoms with Gasteiger partial charge in [0.25, 0.3) is 0 Å². The Hall–Kier alpha value is -1.05. The van der Waals surface area contributed by atoms with Crippen LogP contribution in [0.1, 0.15) is 32.1 Å². The topological polar surface area (TPSA) is 16.1 Å². The maximum Gasteiger partial charge on any atom is 0.128 e. The van der Waals surface area contributed by atoms with Crippen molar-refractivity contribution in [3.05, 3.63) is 24.4 Å². The van der Waals surface area contributed by atoms with Gasteiger partial charge < -0.3 is 4.90 Å². The molecule has 0 bridgehead atoms. The quantitative estimate of drug-likeness (QED) is 0.696. The molecule has 1 aromatic rings. The predicted octanol–water partition coefficient (Wildman–Crippen LogP) is 2.85. The Kier molecular flexibility index (Phi) is 2.35. The van der Waals surface area contributed by atoms with Crippen LogP contribution < -0.4 is 4.90 Å². The van der Waals surface area contributed by atoms with E-state index in [1.165, 1.54) is 44.5 Å². The molecule has 2 atom stereocenters. The Morgan fingerprint density at radius 3 is 2.93 bits per heavy atom. The first-order valence-electron chi connectivity index (χ1n) is 6.13. The molecule has 2 heterocycles. The van der Waals surface area contributed by atoms with Crippen LogP contribution in [0.25, 0.3) is 0 Å². The lowest BCUT2D eigenvalue weighted by atomic mass is 9.85. The van der Waals surface area contributed by atoms with Gasteiger partial charge in [0.2, 0.25) is 0 Å². The molecule has 3 rings (SSSR count). The number of fused-ring (bicyclic) bond motifs is 1. The number of hydrogen-bond donors (Lipinski definition) is 0. The summed E-state index contributed by atoms with van der Waals surface area (Å²) in [6, 6.07) is 7.03. The summed E-state index contributed by atoms with van der Waals surface area (Å²) in [5.74, 6) is 2.13. The smallest absolute Gasteiger partial charge is 0.128 e. The number of aromatic nitrogens is 1. The van der Waals surface area contributed by atoms with Crippen LogP contribution >= 0.6 is 0 Å². The van der Waals surface area contributed by atoms with Crippen molar-refractivity contribution in [2.75, 3.05) is 11.4 Å². The number of anilines is 1. The van der Waals surface area contributed by atoms with Crippen LogP contribution in [0.15, 0.2) is 24.4 Å². The molecule has 0 N–H and O–H groups in total. The number of hydrogen-bond acceptors (Lipinski definition) is 2. The molecule has 0 radical (unpaired) electrons. The molecule has 0 spiro atoms. The van der Waals surface area contributed by atoms with Crippen LogP contribution in [0.2, 0.25) is 0 Å². The van der Waals surface area contributed by atoms with E-state index in [4.69, 9.17) is 0 Å². The first-order chi connectivity index (χ1) is 7.45. The summed E-state index contributed by atoms with van der Waals surface area (Å²) in [7, 11) is 0. The fourth-order valence-corrected chi connectivity index (χ4v) is 3.21. The second kappa shape index (κ2) is 3.84. The Bertz CT molecular complexity index is 323. The van der Waals surface area contributed by atoms with Gasteiger partial charge in [0.05, 0.1) is 0 Å². The van der Waals surface area contributed by atoms with Crippen molar-refractivity contribution in [1.82, 2.24) is 4.98 Å². The third-order valence-electron chi connectivity index (χ3n) is 3.95. The van der Waals surface area contributed by atoms with Crippen molar-refractivity contribution in [2.45, 2.75) is 38.1 Å². The number of rotatable bonds is 1. The molecule has 1 saturated heterocycles. The van der Waals surface area contributed by atoms with E-state index in [2.05, 4.69) is 22.0 Å². The summed E-state index contributed by atoms with van der Waals surface area (Å²) >= 11 is 0. The summed E-state index contributed by atoms with van der Waals surface area (Å²) < 4.78 is 0. The van der Waals surface area contributed by atoms with Gasteiger partial charge >= 0.3 is 0 Å². The van der Waals surface area contributed by atoms with Crippen molar-refractivity contribution in [2.24, 2.45) is 5.92 Å². The molecule has 1 aliphatic heterocycles. The van der Waals surface area contributed by atoms with Gasteiger partial charge in [-0.1, -0.05) is 18.9 Å². The lowest BCUT2D eigenvalue weighted by Gasteiger charge is -2.32. The highest BCUT2D eigenvalue weighted by Gasteiger charge is 2.35. The molecule has 2 heteroatoms. The van der Waals surface area contributed by atoms with Crippen LogP contribution in [0.4, 0.5) is 5.82 Å². The van der Waals surface area contributed by atoms with Crippen molar-refractivity contribution >= 4 is 5.82 Å². The fraction of sp³-hybridized carbons (Fsp3) is 0.615. The minimum absolute atomic E-state index is 0.786. The molecule has 15 heavy (non-hydrogen) atoms. The lowest BCUT2D eigenvalue weighted by Crippen LogP contribution is -2.35. The summed E-state index contributed by atoms with van der Waals surface area (Å²) in [4.78, 5) is 7.01. The Morgan fingerprint density at radius 2 is 2.07 bits per heavy atom. The average molecular weight is 202 g/mol. The van der Waals surface area contributed by atoms with Gasteiger partial charge in [0, 0.05) is 18.8 Å². The summed E-state index contributed by atoms with van der Waals surface area (Å²) in [5, 5.41) is 0. The van der Waals surface area contributed by atoms with Crippen LogP contribution in [0, 0.1) is 5.92 Å². The molecular weight excluding hydrogens is 184 g/mol. The molecule has 1 aliphatic carbocycles. The Labute approximate surface area is 91.3 Å². The predicted molar refractivity (Wildman–Crippen MR) is 61.9 cm³/mol. The van der Waals surface area contributed by atoms with Crippen molar-refractivity contribution < 1.29 is 0 Å². The largest absolute Gasteiger partial charge is 0.353 e. The van der Waals surface area contributed by atoms with E-state index < -0.39 is 0 Å². The van der Waals surface area contributed by atoms with Crippen molar-refractivity contribution in [3.63, 3.8) is 0 Å². The minimum Gasteiger partial charge on any atom is -0.353 e. The zero-order valence-corrected chi connectivity index (χ0v) is 9.10. The van der Waals surface area contributed by atoms with Crippen LogP contribution in [-0.4, -0.2) is 17.6 Å². The fourth-order valence-electron chi connectivity index (χ4n) is 3.21. The van der Waals surface area contributed by atoms with Gasteiger partial charge in [-0.25, -0.2) is 4.98 Å². The Morgan fingerprint density at radius 1 is 1.13 bits per heavy atom. The number of pyridine rings is 1. The van der Waals surface area contributed by atoms with E-state index >= 15 is 0 Å². The van der Waals surface area contributed by atoms with E-state index in [0.29, 0.717) is 0 Å². The summed E-state index contributed by atoms with van der Waals surface area (Å²) in [5.41, 5.74) is 0. The van der Waals surface area contributed by atoms with E-state index in [1.807, 2.05) is 12.3 Å². The van der Waals surface area contributed by atoms with Gasteiger partial charge in [-0.3, -0.25) is 0 Å². The molecule has 0 unspecified atom stereocenters. The zero-order chi connectivity index (χ0) is 10.1. The summed E-state index contributed by atoms with van der Waals surface area (Å²) in [6.07, 6.45) is 8.95. The Balaban J connectivity index is 1.82. The van der Waals surface area contributed by atoms with Gasteiger partial charge in [0.15, 0.2) is 0 Å². The average Bonchev–Trinajstić information content (AvgIpc) is 2.74. The monoisotopic (exact) mass is 202 g/mol.